The Hall–Kier alpha value is -1.00. The fourth-order valence-electron chi connectivity index (χ4n) is 3.01. The van der Waals surface area contributed by atoms with Crippen LogP contribution in [0.2, 0.25) is 0 Å². The summed E-state index contributed by atoms with van der Waals surface area (Å²) in [6, 6.07) is 0. The van der Waals surface area contributed by atoms with Crippen LogP contribution in [0, 0.1) is 5.92 Å². The van der Waals surface area contributed by atoms with E-state index < -0.39 is 11.7 Å². The van der Waals surface area contributed by atoms with E-state index in [9.17, 15) is 5.11 Å². The summed E-state index contributed by atoms with van der Waals surface area (Å²) in [5.41, 5.74) is 0.127. The van der Waals surface area contributed by atoms with Crippen molar-refractivity contribution in [1.29, 1.82) is 0 Å². The molecule has 0 radical (unpaired) electrons. The third-order valence-electron chi connectivity index (χ3n) is 3.78. The van der Waals surface area contributed by atoms with Gasteiger partial charge < -0.3 is 9.84 Å². The maximum absolute atomic E-state index is 10.6. The molecule has 0 bridgehead atoms. The molecule has 1 fully saturated rings. The molecule has 100 valence electrons. The van der Waals surface area contributed by atoms with Crippen LogP contribution in [0.4, 0.5) is 0 Å². The molecular formula is C14H22N2O2. The third kappa shape index (κ3) is 2.70. The molecule has 1 heterocycles. The normalized spacial score (nSPS) is 30.1. The highest BCUT2D eigenvalue weighted by Crippen LogP contribution is 2.42. The number of rotatable bonds is 4. The van der Waals surface area contributed by atoms with Crippen LogP contribution in [-0.4, -0.2) is 27.3 Å². The number of aliphatic hydroxyl groups excluding tert-OH is 1. The SMILES string of the molecule is CCOC1(C(O)c2cnccn2)CCCC(C)C1. The average Bonchev–Trinajstić information content (AvgIpc) is 2.39. The lowest BCUT2D eigenvalue weighted by atomic mass is 9.75. The van der Waals surface area contributed by atoms with E-state index >= 15 is 0 Å². The van der Waals surface area contributed by atoms with Gasteiger partial charge in [-0.1, -0.05) is 19.8 Å². The second-order valence-electron chi connectivity index (χ2n) is 5.23. The van der Waals surface area contributed by atoms with E-state index in [0.29, 0.717) is 18.2 Å². The summed E-state index contributed by atoms with van der Waals surface area (Å²) in [6.07, 6.45) is 8.26. The molecule has 18 heavy (non-hydrogen) atoms. The molecule has 1 N–H and O–H groups in total. The number of hydrogen-bond donors (Lipinski definition) is 1. The predicted octanol–water partition coefficient (Wildman–Crippen LogP) is 2.50. The molecule has 2 rings (SSSR count). The van der Waals surface area contributed by atoms with Crippen LogP contribution in [0.1, 0.15) is 51.3 Å². The standard InChI is InChI=1S/C14H22N2O2/c1-3-18-14(6-4-5-11(2)9-14)13(17)12-10-15-7-8-16-12/h7-8,10-11,13,17H,3-6,9H2,1-2H3. The van der Waals surface area contributed by atoms with Gasteiger partial charge >= 0.3 is 0 Å². The lowest BCUT2D eigenvalue weighted by molar-refractivity contribution is -0.151. The molecule has 0 saturated heterocycles. The summed E-state index contributed by atoms with van der Waals surface area (Å²) in [7, 11) is 0. The van der Waals surface area contributed by atoms with E-state index in [2.05, 4.69) is 16.9 Å². The zero-order chi connectivity index (χ0) is 13.0. The minimum atomic E-state index is -0.686. The summed E-state index contributed by atoms with van der Waals surface area (Å²) >= 11 is 0. The number of aromatic nitrogens is 2. The zero-order valence-electron chi connectivity index (χ0n) is 11.2. The van der Waals surface area contributed by atoms with Crippen molar-refractivity contribution in [1.82, 2.24) is 9.97 Å². The third-order valence-corrected chi connectivity index (χ3v) is 3.78. The fraction of sp³-hybridized carbons (Fsp3) is 0.714. The second-order valence-corrected chi connectivity index (χ2v) is 5.23. The Morgan fingerprint density at radius 1 is 1.56 bits per heavy atom. The molecule has 0 aromatic carbocycles. The summed E-state index contributed by atoms with van der Waals surface area (Å²) < 4.78 is 5.94. The maximum atomic E-state index is 10.6. The largest absolute Gasteiger partial charge is 0.384 e. The van der Waals surface area contributed by atoms with Crippen LogP contribution in [0.25, 0.3) is 0 Å². The first kappa shape index (κ1) is 13.4. The Labute approximate surface area is 108 Å². The van der Waals surface area contributed by atoms with Gasteiger partial charge in [0.2, 0.25) is 0 Å². The molecule has 4 heteroatoms. The lowest BCUT2D eigenvalue weighted by Crippen LogP contribution is -2.44. The Kier molecular flexibility index (Phi) is 4.30. The first-order chi connectivity index (χ1) is 8.68. The van der Waals surface area contributed by atoms with Gasteiger partial charge in [0, 0.05) is 19.0 Å². The number of aliphatic hydroxyl groups is 1. The molecule has 0 aliphatic heterocycles. The van der Waals surface area contributed by atoms with Gasteiger partial charge in [0.05, 0.1) is 17.5 Å². The van der Waals surface area contributed by atoms with Crippen LogP contribution < -0.4 is 0 Å². The Bertz CT molecular complexity index is 367. The van der Waals surface area contributed by atoms with Crippen molar-refractivity contribution in [2.75, 3.05) is 6.61 Å². The Morgan fingerprint density at radius 2 is 2.39 bits per heavy atom. The van der Waals surface area contributed by atoms with Crippen molar-refractivity contribution >= 4 is 0 Å². The van der Waals surface area contributed by atoms with E-state index in [1.165, 1.54) is 6.42 Å². The van der Waals surface area contributed by atoms with Gasteiger partial charge in [0.1, 0.15) is 6.10 Å². The summed E-state index contributed by atoms with van der Waals surface area (Å²) in [5.74, 6) is 0.580. The van der Waals surface area contributed by atoms with Gasteiger partial charge in [-0.25, -0.2) is 0 Å². The van der Waals surface area contributed by atoms with Crippen molar-refractivity contribution in [3.8, 4) is 0 Å². The highest BCUT2D eigenvalue weighted by atomic mass is 16.5. The zero-order valence-corrected chi connectivity index (χ0v) is 11.2. The first-order valence-electron chi connectivity index (χ1n) is 6.76. The molecule has 1 aliphatic rings. The minimum Gasteiger partial charge on any atom is -0.384 e. The van der Waals surface area contributed by atoms with Gasteiger partial charge in [-0.15, -0.1) is 0 Å². The van der Waals surface area contributed by atoms with Crippen LogP contribution in [-0.2, 0) is 4.74 Å². The Balaban J connectivity index is 2.23. The molecule has 0 amide bonds. The van der Waals surface area contributed by atoms with Gasteiger partial charge in [-0.05, 0) is 25.7 Å². The predicted molar refractivity (Wildman–Crippen MR) is 69.0 cm³/mol. The number of hydrogen-bond acceptors (Lipinski definition) is 4. The summed E-state index contributed by atoms with van der Waals surface area (Å²) in [4.78, 5) is 8.25. The van der Waals surface area contributed by atoms with E-state index in [-0.39, 0.29) is 0 Å². The number of nitrogens with zero attached hydrogens (tertiary/aromatic N) is 2. The van der Waals surface area contributed by atoms with Gasteiger partial charge in [0.25, 0.3) is 0 Å². The molecule has 1 aliphatic carbocycles. The molecule has 1 aromatic heterocycles. The van der Waals surface area contributed by atoms with E-state index in [0.717, 1.165) is 19.3 Å². The van der Waals surface area contributed by atoms with Gasteiger partial charge in [0.15, 0.2) is 0 Å². The van der Waals surface area contributed by atoms with Crippen molar-refractivity contribution in [2.24, 2.45) is 5.92 Å². The quantitative estimate of drug-likeness (QED) is 0.892. The molecular weight excluding hydrogens is 228 g/mol. The molecule has 1 aromatic rings. The van der Waals surface area contributed by atoms with E-state index in [1.807, 2.05) is 6.92 Å². The molecule has 3 unspecified atom stereocenters. The lowest BCUT2D eigenvalue weighted by Gasteiger charge is -2.42. The fourth-order valence-corrected chi connectivity index (χ4v) is 3.01. The van der Waals surface area contributed by atoms with Crippen LogP contribution in [0.5, 0.6) is 0 Å². The molecule has 0 spiro atoms. The molecule has 3 atom stereocenters. The number of ether oxygens (including phenoxy) is 1. The van der Waals surface area contributed by atoms with Crippen molar-refractivity contribution in [3.05, 3.63) is 24.3 Å². The smallest absolute Gasteiger partial charge is 0.126 e. The second kappa shape index (κ2) is 5.76. The van der Waals surface area contributed by atoms with Gasteiger partial charge in [-0.2, -0.15) is 0 Å². The highest BCUT2D eigenvalue weighted by Gasteiger charge is 2.43. The van der Waals surface area contributed by atoms with Gasteiger partial charge in [-0.3, -0.25) is 9.97 Å². The first-order valence-corrected chi connectivity index (χ1v) is 6.76. The summed E-state index contributed by atoms with van der Waals surface area (Å²) in [6.45, 7) is 4.81. The molecule has 4 nitrogen and oxygen atoms in total. The topological polar surface area (TPSA) is 55.2 Å². The van der Waals surface area contributed by atoms with Crippen molar-refractivity contribution < 1.29 is 9.84 Å². The van der Waals surface area contributed by atoms with Crippen molar-refractivity contribution in [2.45, 2.75) is 51.2 Å². The van der Waals surface area contributed by atoms with Crippen LogP contribution >= 0.6 is 0 Å². The molecule has 1 saturated carbocycles. The van der Waals surface area contributed by atoms with Crippen LogP contribution in [0.15, 0.2) is 18.6 Å². The summed E-state index contributed by atoms with van der Waals surface area (Å²) in [5, 5.41) is 10.6. The average molecular weight is 250 g/mol. The van der Waals surface area contributed by atoms with Crippen LogP contribution in [0.3, 0.4) is 0 Å². The van der Waals surface area contributed by atoms with E-state index in [1.54, 1.807) is 18.6 Å². The van der Waals surface area contributed by atoms with E-state index in [4.69, 9.17) is 4.74 Å². The maximum Gasteiger partial charge on any atom is 0.126 e. The van der Waals surface area contributed by atoms with Crippen molar-refractivity contribution in [3.63, 3.8) is 0 Å². The Morgan fingerprint density at radius 3 is 3.00 bits per heavy atom. The monoisotopic (exact) mass is 250 g/mol. The minimum absolute atomic E-state index is 0.484. The highest BCUT2D eigenvalue weighted by molar-refractivity contribution is 5.08.